The second-order valence-electron chi connectivity index (χ2n) is 3.13. The van der Waals surface area contributed by atoms with Crippen molar-refractivity contribution in [3.63, 3.8) is 0 Å². The molecule has 0 aromatic heterocycles. The molecular formula is C10H11BrF2O2. The molecular weight excluding hydrogens is 270 g/mol. The smallest absolute Gasteiger partial charge is 0.263 e. The van der Waals surface area contributed by atoms with Gasteiger partial charge in [-0.15, -0.1) is 0 Å². The van der Waals surface area contributed by atoms with Crippen molar-refractivity contribution >= 4 is 15.9 Å². The lowest BCUT2D eigenvalue weighted by Crippen LogP contribution is -2.19. The average molecular weight is 281 g/mol. The van der Waals surface area contributed by atoms with Crippen LogP contribution in [0.2, 0.25) is 0 Å². The predicted octanol–water partition coefficient (Wildman–Crippen LogP) is 2.41. The van der Waals surface area contributed by atoms with Gasteiger partial charge in [-0.05, 0) is 5.56 Å². The first kappa shape index (κ1) is 12.5. The summed E-state index contributed by atoms with van der Waals surface area (Å²) in [6.07, 6.45) is -4.52. The van der Waals surface area contributed by atoms with Crippen LogP contribution in [0.3, 0.4) is 0 Å². The van der Waals surface area contributed by atoms with Gasteiger partial charge in [0.2, 0.25) is 0 Å². The third-order valence-electron chi connectivity index (χ3n) is 2.05. The van der Waals surface area contributed by atoms with Crippen LogP contribution in [-0.4, -0.2) is 21.6 Å². The van der Waals surface area contributed by atoms with Crippen molar-refractivity contribution in [3.05, 3.63) is 35.4 Å². The molecule has 0 aliphatic rings. The molecule has 0 radical (unpaired) electrons. The van der Waals surface area contributed by atoms with Crippen LogP contribution in [0, 0.1) is 0 Å². The van der Waals surface area contributed by atoms with Gasteiger partial charge in [0.15, 0.2) is 0 Å². The molecule has 1 aromatic rings. The monoisotopic (exact) mass is 280 g/mol. The topological polar surface area (TPSA) is 40.5 Å². The minimum absolute atomic E-state index is 0.0979. The first-order chi connectivity index (χ1) is 7.06. The fourth-order valence-electron chi connectivity index (χ4n) is 1.15. The number of alkyl halides is 3. The molecule has 0 spiro atoms. The highest BCUT2D eigenvalue weighted by molar-refractivity contribution is 9.09. The number of rotatable bonds is 4. The third kappa shape index (κ3) is 3.22. The lowest BCUT2D eigenvalue weighted by atomic mass is 10.0. The van der Waals surface area contributed by atoms with E-state index in [0.29, 0.717) is 5.56 Å². The van der Waals surface area contributed by atoms with Gasteiger partial charge in [-0.1, -0.05) is 40.2 Å². The van der Waals surface area contributed by atoms with E-state index >= 15 is 0 Å². The summed E-state index contributed by atoms with van der Waals surface area (Å²) in [6, 6.07) is 5.25. The summed E-state index contributed by atoms with van der Waals surface area (Å²) in [5.74, 6) is 0. The Morgan fingerprint density at radius 3 is 1.93 bits per heavy atom. The van der Waals surface area contributed by atoms with Crippen LogP contribution in [0.1, 0.15) is 23.7 Å². The molecule has 0 aliphatic carbocycles. The minimum atomic E-state index is -2.52. The fourth-order valence-corrected chi connectivity index (χ4v) is 1.50. The SMILES string of the molecule is OC(CBr)C(O)c1ccc(C(F)F)cc1. The summed E-state index contributed by atoms with van der Waals surface area (Å²) in [6.45, 7) is 0. The quantitative estimate of drug-likeness (QED) is 0.832. The number of hydrogen-bond donors (Lipinski definition) is 2. The molecule has 0 heterocycles. The van der Waals surface area contributed by atoms with Gasteiger partial charge in [-0.3, -0.25) is 0 Å². The predicted molar refractivity (Wildman–Crippen MR) is 56.2 cm³/mol. The standard InChI is InChI=1S/C10H11BrF2O2/c11-5-8(14)9(15)6-1-3-7(4-2-6)10(12)13/h1-4,8-10,14-15H,5H2. The Bertz CT molecular complexity index is 303. The molecule has 2 N–H and O–H groups in total. The van der Waals surface area contributed by atoms with Crippen molar-refractivity contribution in [1.29, 1.82) is 0 Å². The summed E-state index contributed by atoms with van der Waals surface area (Å²) < 4.78 is 24.4. The third-order valence-corrected chi connectivity index (χ3v) is 2.72. The van der Waals surface area contributed by atoms with Gasteiger partial charge in [0, 0.05) is 10.9 Å². The zero-order valence-electron chi connectivity index (χ0n) is 7.78. The Hall–Kier alpha value is -0.520. The molecule has 1 rings (SSSR count). The van der Waals surface area contributed by atoms with E-state index in [1.165, 1.54) is 24.3 Å². The van der Waals surface area contributed by atoms with Crippen LogP contribution in [-0.2, 0) is 0 Å². The highest BCUT2D eigenvalue weighted by atomic mass is 79.9. The molecule has 2 atom stereocenters. The van der Waals surface area contributed by atoms with E-state index in [2.05, 4.69) is 15.9 Å². The van der Waals surface area contributed by atoms with Gasteiger partial charge in [0.1, 0.15) is 6.10 Å². The van der Waals surface area contributed by atoms with Crippen molar-refractivity contribution in [3.8, 4) is 0 Å². The Labute approximate surface area is 94.7 Å². The molecule has 0 bridgehead atoms. The Balaban J connectivity index is 2.79. The number of aliphatic hydroxyl groups is 2. The van der Waals surface area contributed by atoms with E-state index in [9.17, 15) is 19.0 Å². The van der Waals surface area contributed by atoms with Crippen molar-refractivity contribution in [2.24, 2.45) is 0 Å². The Morgan fingerprint density at radius 1 is 1.07 bits per heavy atom. The normalized spacial score (nSPS) is 15.3. The number of benzene rings is 1. The van der Waals surface area contributed by atoms with Crippen LogP contribution in [0.4, 0.5) is 8.78 Å². The van der Waals surface area contributed by atoms with Crippen LogP contribution in [0.15, 0.2) is 24.3 Å². The zero-order valence-corrected chi connectivity index (χ0v) is 9.36. The number of aliphatic hydroxyl groups excluding tert-OH is 2. The van der Waals surface area contributed by atoms with Crippen molar-refractivity contribution in [2.45, 2.75) is 18.6 Å². The van der Waals surface area contributed by atoms with Gasteiger partial charge >= 0.3 is 0 Å². The van der Waals surface area contributed by atoms with E-state index in [1.807, 2.05) is 0 Å². The Morgan fingerprint density at radius 2 is 1.53 bits per heavy atom. The molecule has 0 saturated carbocycles. The lowest BCUT2D eigenvalue weighted by Gasteiger charge is -2.15. The maximum Gasteiger partial charge on any atom is 0.263 e. The molecule has 1 aromatic carbocycles. The summed E-state index contributed by atoms with van der Waals surface area (Å²) in [5.41, 5.74) is 0.325. The summed E-state index contributed by atoms with van der Waals surface area (Å²) in [7, 11) is 0. The molecule has 0 amide bonds. The summed E-state index contributed by atoms with van der Waals surface area (Å²) >= 11 is 3.02. The van der Waals surface area contributed by atoms with Crippen LogP contribution in [0.25, 0.3) is 0 Å². The zero-order chi connectivity index (χ0) is 11.4. The molecule has 5 heteroatoms. The van der Waals surface area contributed by atoms with Crippen molar-refractivity contribution in [1.82, 2.24) is 0 Å². The van der Waals surface area contributed by atoms with Gasteiger partial charge in [0.05, 0.1) is 6.10 Å². The van der Waals surface area contributed by atoms with Crippen molar-refractivity contribution in [2.75, 3.05) is 5.33 Å². The summed E-state index contributed by atoms with van der Waals surface area (Å²) in [5, 5.41) is 19.1. The highest BCUT2D eigenvalue weighted by Crippen LogP contribution is 2.23. The first-order valence-electron chi connectivity index (χ1n) is 4.36. The second kappa shape index (κ2) is 5.53. The van der Waals surface area contributed by atoms with Gasteiger partial charge in [0.25, 0.3) is 6.43 Å². The molecule has 2 unspecified atom stereocenters. The van der Waals surface area contributed by atoms with Gasteiger partial charge < -0.3 is 10.2 Å². The molecule has 0 aliphatic heterocycles. The van der Waals surface area contributed by atoms with E-state index in [0.717, 1.165) is 0 Å². The maximum absolute atomic E-state index is 12.2. The first-order valence-corrected chi connectivity index (χ1v) is 5.48. The largest absolute Gasteiger partial charge is 0.389 e. The van der Waals surface area contributed by atoms with Gasteiger partial charge in [-0.2, -0.15) is 0 Å². The van der Waals surface area contributed by atoms with E-state index in [-0.39, 0.29) is 10.9 Å². The highest BCUT2D eigenvalue weighted by Gasteiger charge is 2.17. The minimum Gasteiger partial charge on any atom is -0.389 e. The molecule has 2 nitrogen and oxygen atoms in total. The summed E-state index contributed by atoms with van der Waals surface area (Å²) in [4.78, 5) is 0. The number of hydrogen-bond acceptors (Lipinski definition) is 2. The van der Waals surface area contributed by atoms with E-state index in [4.69, 9.17) is 0 Å². The fraction of sp³-hybridized carbons (Fsp3) is 0.400. The van der Waals surface area contributed by atoms with E-state index < -0.39 is 18.6 Å². The van der Waals surface area contributed by atoms with E-state index in [1.54, 1.807) is 0 Å². The second-order valence-corrected chi connectivity index (χ2v) is 3.78. The van der Waals surface area contributed by atoms with Gasteiger partial charge in [-0.25, -0.2) is 8.78 Å². The number of halogens is 3. The molecule has 0 fully saturated rings. The molecule has 84 valence electrons. The lowest BCUT2D eigenvalue weighted by molar-refractivity contribution is 0.0342. The van der Waals surface area contributed by atoms with Crippen LogP contribution < -0.4 is 0 Å². The maximum atomic E-state index is 12.2. The van der Waals surface area contributed by atoms with Crippen LogP contribution in [0.5, 0.6) is 0 Å². The molecule has 15 heavy (non-hydrogen) atoms. The van der Waals surface area contributed by atoms with Crippen LogP contribution >= 0.6 is 15.9 Å². The average Bonchev–Trinajstić information content (AvgIpc) is 2.27. The Kier molecular flexibility index (Phi) is 4.63. The van der Waals surface area contributed by atoms with Crippen molar-refractivity contribution < 1.29 is 19.0 Å². The molecule has 0 saturated heterocycles.